The van der Waals surface area contributed by atoms with Crippen LogP contribution in [0.2, 0.25) is 10.0 Å². The summed E-state index contributed by atoms with van der Waals surface area (Å²) in [6.45, 7) is 0. The van der Waals surface area contributed by atoms with E-state index in [1.54, 1.807) is 6.07 Å². The normalized spacial score (nSPS) is 10.3. The van der Waals surface area contributed by atoms with Gasteiger partial charge in [-0.15, -0.1) is 0 Å². The summed E-state index contributed by atoms with van der Waals surface area (Å²) in [5, 5.41) is 0.669. The van der Waals surface area contributed by atoms with Crippen molar-refractivity contribution in [3.05, 3.63) is 63.4 Å². The molecule has 0 saturated carbocycles. The van der Waals surface area contributed by atoms with Gasteiger partial charge in [-0.3, -0.25) is 4.79 Å². The molecule has 0 amide bonds. The Kier molecular flexibility index (Phi) is 4.08. The van der Waals surface area contributed by atoms with E-state index in [0.717, 1.165) is 6.07 Å². The first-order chi connectivity index (χ1) is 9.02. The van der Waals surface area contributed by atoms with E-state index in [9.17, 15) is 9.18 Å². The Hall–Kier alpha value is -1.58. The topological polar surface area (TPSA) is 26.3 Å². The first-order valence-corrected chi connectivity index (χ1v) is 6.12. The van der Waals surface area contributed by atoms with Crippen LogP contribution in [-0.2, 0) is 0 Å². The van der Waals surface area contributed by atoms with Crippen LogP contribution in [0, 0.1) is 5.82 Å². The summed E-state index contributed by atoms with van der Waals surface area (Å²) in [4.78, 5) is 12.3. The number of ether oxygens (including phenoxy) is 1. The van der Waals surface area contributed by atoms with E-state index >= 15 is 0 Å². The van der Waals surface area contributed by atoms with Crippen molar-refractivity contribution in [1.29, 1.82) is 0 Å². The zero-order chi connectivity index (χ0) is 14.0. The van der Waals surface area contributed by atoms with E-state index in [0.29, 0.717) is 10.8 Å². The molecule has 2 rings (SSSR count). The molecule has 0 atom stereocenters. The van der Waals surface area contributed by atoms with Gasteiger partial charge in [0.05, 0.1) is 18.2 Å². The predicted octanol–water partition coefficient (Wildman–Crippen LogP) is 4.37. The van der Waals surface area contributed by atoms with Crippen molar-refractivity contribution in [3.8, 4) is 5.75 Å². The predicted molar refractivity (Wildman–Crippen MR) is 72.8 cm³/mol. The van der Waals surface area contributed by atoms with E-state index in [4.69, 9.17) is 27.9 Å². The molecule has 0 radical (unpaired) electrons. The largest absolute Gasteiger partial charge is 0.496 e. The second-order valence-corrected chi connectivity index (χ2v) is 4.67. The third kappa shape index (κ3) is 2.88. The monoisotopic (exact) mass is 298 g/mol. The highest BCUT2D eigenvalue weighted by molar-refractivity contribution is 6.31. The van der Waals surface area contributed by atoms with Crippen molar-refractivity contribution >= 4 is 29.0 Å². The fourth-order valence-corrected chi connectivity index (χ4v) is 1.99. The minimum absolute atomic E-state index is 0.0648. The van der Waals surface area contributed by atoms with Crippen LogP contribution in [-0.4, -0.2) is 12.9 Å². The molecule has 0 fully saturated rings. The van der Waals surface area contributed by atoms with Gasteiger partial charge in [0.2, 0.25) is 0 Å². The second-order valence-electron chi connectivity index (χ2n) is 3.80. The molecule has 0 unspecified atom stereocenters. The van der Waals surface area contributed by atoms with Gasteiger partial charge in [-0.2, -0.15) is 0 Å². The van der Waals surface area contributed by atoms with Gasteiger partial charge in [0.25, 0.3) is 0 Å². The van der Waals surface area contributed by atoms with E-state index in [-0.39, 0.29) is 16.1 Å². The van der Waals surface area contributed by atoms with Gasteiger partial charge >= 0.3 is 0 Å². The molecule has 0 spiro atoms. The molecule has 0 aromatic heterocycles. The lowest BCUT2D eigenvalue weighted by atomic mass is 10.0. The summed E-state index contributed by atoms with van der Waals surface area (Å²) < 4.78 is 18.8. The maximum absolute atomic E-state index is 13.7. The molecule has 98 valence electrons. The van der Waals surface area contributed by atoms with Gasteiger partial charge in [-0.25, -0.2) is 4.39 Å². The maximum atomic E-state index is 13.7. The van der Waals surface area contributed by atoms with Crippen molar-refractivity contribution in [3.63, 3.8) is 0 Å². The standard InChI is InChI=1S/C14H9Cl2FO2/c1-19-13-7-9(16)3-5-11(13)14(18)10-4-2-8(15)6-12(10)17/h2-7H,1H3. The molecule has 0 heterocycles. The number of halogens is 3. The third-order valence-corrected chi connectivity index (χ3v) is 3.05. The minimum Gasteiger partial charge on any atom is -0.496 e. The average molecular weight is 299 g/mol. The number of rotatable bonds is 3. The van der Waals surface area contributed by atoms with E-state index < -0.39 is 11.6 Å². The molecule has 0 N–H and O–H groups in total. The summed E-state index contributed by atoms with van der Waals surface area (Å²) in [5.74, 6) is -0.857. The molecule has 0 aliphatic rings. The van der Waals surface area contributed by atoms with E-state index in [1.165, 1.54) is 31.4 Å². The molecule has 0 bridgehead atoms. The fourth-order valence-electron chi connectivity index (χ4n) is 1.67. The second kappa shape index (κ2) is 5.59. The molecule has 2 aromatic rings. The maximum Gasteiger partial charge on any atom is 0.199 e. The number of ketones is 1. The highest BCUT2D eigenvalue weighted by Crippen LogP contribution is 2.27. The molecule has 2 nitrogen and oxygen atoms in total. The highest BCUT2D eigenvalue weighted by Gasteiger charge is 2.18. The van der Waals surface area contributed by atoms with Crippen molar-refractivity contribution in [2.75, 3.05) is 7.11 Å². The average Bonchev–Trinajstić information content (AvgIpc) is 2.37. The van der Waals surface area contributed by atoms with Crippen LogP contribution < -0.4 is 4.74 Å². The van der Waals surface area contributed by atoms with Crippen LogP contribution >= 0.6 is 23.2 Å². The third-order valence-electron chi connectivity index (χ3n) is 2.58. The number of hydrogen-bond acceptors (Lipinski definition) is 2. The number of benzene rings is 2. The smallest absolute Gasteiger partial charge is 0.199 e. The Labute approximate surface area is 119 Å². The first-order valence-electron chi connectivity index (χ1n) is 5.36. The van der Waals surface area contributed by atoms with Crippen LogP contribution in [0.15, 0.2) is 36.4 Å². The molecule has 19 heavy (non-hydrogen) atoms. The summed E-state index contributed by atoms with van der Waals surface area (Å²) >= 11 is 11.5. The van der Waals surface area contributed by atoms with Crippen LogP contribution in [0.25, 0.3) is 0 Å². The summed E-state index contributed by atoms with van der Waals surface area (Å²) in [6.07, 6.45) is 0. The molecule has 0 saturated heterocycles. The van der Waals surface area contributed by atoms with Crippen molar-refractivity contribution in [2.45, 2.75) is 0 Å². The highest BCUT2D eigenvalue weighted by atomic mass is 35.5. The van der Waals surface area contributed by atoms with Crippen molar-refractivity contribution in [1.82, 2.24) is 0 Å². The number of carbonyl (C=O) groups is 1. The van der Waals surface area contributed by atoms with Gasteiger partial charge in [0, 0.05) is 10.0 Å². The molecular weight excluding hydrogens is 290 g/mol. The van der Waals surface area contributed by atoms with Crippen LogP contribution in [0.4, 0.5) is 4.39 Å². The Morgan fingerprint density at radius 3 is 2.21 bits per heavy atom. The lowest BCUT2D eigenvalue weighted by Crippen LogP contribution is -2.06. The molecule has 5 heteroatoms. The van der Waals surface area contributed by atoms with Gasteiger partial charge in [0.1, 0.15) is 11.6 Å². The van der Waals surface area contributed by atoms with Crippen molar-refractivity contribution in [2.24, 2.45) is 0 Å². The number of carbonyl (C=O) groups excluding carboxylic acids is 1. The van der Waals surface area contributed by atoms with Gasteiger partial charge in [-0.05, 0) is 36.4 Å². The SMILES string of the molecule is COc1cc(Cl)ccc1C(=O)c1ccc(Cl)cc1F. The minimum atomic E-state index is -0.672. The number of hydrogen-bond donors (Lipinski definition) is 0. The first kappa shape index (κ1) is 13.8. The van der Waals surface area contributed by atoms with Crippen LogP contribution in [0.5, 0.6) is 5.75 Å². The fraction of sp³-hybridized carbons (Fsp3) is 0.0714. The van der Waals surface area contributed by atoms with Gasteiger partial charge in [0.15, 0.2) is 5.78 Å². The van der Waals surface area contributed by atoms with Crippen LogP contribution in [0.1, 0.15) is 15.9 Å². The lowest BCUT2D eigenvalue weighted by molar-refractivity contribution is 0.103. The Bertz CT molecular complexity index is 641. The summed E-state index contributed by atoms with van der Waals surface area (Å²) in [6, 6.07) is 8.44. The zero-order valence-corrected chi connectivity index (χ0v) is 11.4. The van der Waals surface area contributed by atoms with Crippen LogP contribution in [0.3, 0.4) is 0 Å². The Balaban J connectivity index is 2.50. The number of methoxy groups -OCH3 is 1. The molecular formula is C14H9Cl2FO2. The van der Waals surface area contributed by atoms with E-state index in [2.05, 4.69) is 0 Å². The Morgan fingerprint density at radius 2 is 1.63 bits per heavy atom. The quantitative estimate of drug-likeness (QED) is 0.787. The summed E-state index contributed by atoms with van der Waals surface area (Å²) in [5.41, 5.74) is 0.179. The molecule has 0 aliphatic heterocycles. The van der Waals surface area contributed by atoms with Gasteiger partial charge < -0.3 is 4.74 Å². The lowest BCUT2D eigenvalue weighted by Gasteiger charge is -2.08. The van der Waals surface area contributed by atoms with E-state index in [1.807, 2.05) is 0 Å². The molecule has 0 aliphatic carbocycles. The Morgan fingerprint density at radius 1 is 1.05 bits per heavy atom. The zero-order valence-electron chi connectivity index (χ0n) is 9.91. The van der Waals surface area contributed by atoms with Gasteiger partial charge in [-0.1, -0.05) is 23.2 Å². The summed E-state index contributed by atoms with van der Waals surface area (Å²) in [7, 11) is 1.42. The van der Waals surface area contributed by atoms with Crippen molar-refractivity contribution < 1.29 is 13.9 Å². The molecule has 2 aromatic carbocycles.